The van der Waals surface area contributed by atoms with Crippen LogP contribution in [0.3, 0.4) is 0 Å². The Kier molecular flexibility index (Phi) is 4.51. The Morgan fingerprint density at radius 1 is 1.33 bits per heavy atom. The van der Waals surface area contributed by atoms with Crippen LogP contribution in [0.25, 0.3) is 0 Å². The first-order valence-corrected chi connectivity index (χ1v) is 8.36. The molecule has 1 fully saturated rings. The fourth-order valence-corrected chi connectivity index (χ4v) is 3.16. The number of ether oxygens (including phenoxy) is 2. The minimum absolute atomic E-state index is 0.245. The first kappa shape index (κ1) is 16.8. The Morgan fingerprint density at radius 3 is 2.71 bits per heavy atom. The molecule has 1 aromatic heterocycles. The third kappa shape index (κ3) is 3.71. The van der Waals surface area contributed by atoms with Crippen molar-refractivity contribution < 1.29 is 18.7 Å². The summed E-state index contributed by atoms with van der Waals surface area (Å²) in [5.74, 6) is 0.118. The summed E-state index contributed by atoms with van der Waals surface area (Å²) in [5, 5.41) is 0. The molecule has 0 saturated carbocycles. The molecule has 0 N–H and O–H groups in total. The average Bonchev–Trinajstić information content (AvgIpc) is 2.53. The maximum absolute atomic E-state index is 13.5. The molecule has 2 aliphatic heterocycles. The molecule has 0 radical (unpaired) electrons. The van der Waals surface area contributed by atoms with Crippen molar-refractivity contribution in [3.63, 3.8) is 0 Å². The lowest BCUT2D eigenvalue weighted by atomic mass is 10.0. The van der Waals surface area contributed by atoms with Crippen LogP contribution < -0.4 is 9.64 Å². The van der Waals surface area contributed by atoms with E-state index in [0.29, 0.717) is 37.8 Å². The Hall–Kier alpha value is -2.05. The van der Waals surface area contributed by atoms with Gasteiger partial charge in [-0.3, -0.25) is 0 Å². The van der Waals surface area contributed by atoms with Crippen LogP contribution in [0.2, 0.25) is 0 Å². The van der Waals surface area contributed by atoms with E-state index >= 15 is 0 Å². The van der Waals surface area contributed by atoms with Crippen molar-refractivity contribution in [3.8, 4) is 5.88 Å². The zero-order chi connectivity index (χ0) is 17.3. The van der Waals surface area contributed by atoms with Crippen LogP contribution in [0, 0.1) is 5.82 Å². The molecule has 1 amide bonds. The van der Waals surface area contributed by atoms with Crippen LogP contribution in [0.1, 0.15) is 33.6 Å². The molecule has 2 aliphatic rings. The molecule has 0 bridgehead atoms. The molecule has 0 atom stereocenters. The SMILES string of the molecule is CC(C)(C)OC(=O)N1CCC(N2CCOc3ncc(F)cc32)CC1. The minimum Gasteiger partial charge on any atom is -0.474 e. The fraction of sp³-hybridized carbons (Fsp3) is 0.647. The molecule has 1 saturated heterocycles. The average molecular weight is 337 g/mol. The Labute approximate surface area is 141 Å². The van der Waals surface area contributed by atoms with Gasteiger partial charge in [0.1, 0.15) is 23.7 Å². The molecule has 1 aromatic rings. The summed E-state index contributed by atoms with van der Waals surface area (Å²) in [4.78, 5) is 20.1. The number of rotatable bonds is 1. The van der Waals surface area contributed by atoms with Crippen molar-refractivity contribution in [1.29, 1.82) is 0 Å². The van der Waals surface area contributed by atoms with Crippen molar-refractivity contribution in [3.05, 3.63) is 18.1 Å². The topological polar surface area (TPSA) is 54.9 Å². The number of hydrogen-bond acceptors (Lipinski definition) is 5. The zero-order valence-electron chi connectivity index (χ0n) is 14.4. The number of hydrogen-bond donors (Lipinski definition) is 0. The van der Waals surface area contributed by atoms with Gasteiger partial charge >= 0.3 is 6.09 Å². The van der Waals surface area contributed by atoms with Crippen LogP contribution in [0.5, 0.6) is 5.88 Å². The van der Waals surface area contributed by atoms with E-state index in [1.165, 1.54) is 12.3 Å². The van der Waals surface area contributed by atoms with Gasteiger partial charge in [0.15, 0.2) is 0 Å². The first-order chi connectivity index (χ1) is 11.3. The number of nitrogens with zero attached hydrogens (tertiary/aromatic N) is 3. The van der Waals surface area contributed by atoms with E-state index < -0.39 is 5.60 Å². The van der Waals surface area contributed by atoms with Crippen molar-refractivity contribution in [1.82, 2.24) is 9.88 Å². The van der Waals surface area contributed by atoms with Gasteiger partial charge in [0.25, 0.3) is 0 Å². The largest absolute Gasteiger partial charge is 0.474 e. The lowest BCUT2D eigenvalue weighted by Crippen LogP contribution is -2.50. The molecule has 3 heterocycles. The lowest BCUT2D eigenvalue weighted by molar-refractivity contribution is 0.0203. The molecule has 0 aliphatic carbocycles. The highest BCUT2D eigenvalue weighted by molar-refractivity contribution is 5.68. The normalized spacial score (nSPS) is 18.8. The summed E-state index contributed by atoms with van der Waals surface area (Å²) in [6.45, 7) is 8.11. The highest BCUT2D eigenvalue weighted by Crippen LogP contribution is 2.33. The van der Waals surface area contributed by atoms with Crippen LogP contribution in [0.15, 0.2) is 12.3 Å². The molecular weight excluding hydrogens is 313 g/mol. The number of halogens is 1. The van der Waals surface area contributed by atoms with E-state index in [0.717, 1.165) is 12.8 Å². The summed E-state index contributed by atoms with van der Waals surface area (Å²) in [7, 11) is 0. The van der Waals surface area contributed by atoms with Gasteiger partial charge in [0.2, 0.25) is 5.88 Å². The van der Waals surface area contributed by atoms with Crippen molar-refractivity contribution in [2.45, 2.75) is 45.3 Å². The molecule has 0 spiro atoms. The molecule has 0 aromatic carbocycles. The van der Waals surface area contributed by atoms with Gasteiger partial charge in [-0.25, -0.2) is 14.2 Å². The highest BCUT2D eigenvalue weighted by Gasteiger charge is 2.32. The number of likely N-dealkylation sites (tertiary alicyclic amines) is 1. The van der Waals surface area contributed by atoms with Gasteiger partial charge in [0.05, 0.1) is 12.7 Å². The second kappa shape index (κ2) is 6.45. The van der Waals surface area contributed by atoms with Crippen LogP contribution in [-0.2, 0) is 4.74 Å². The maximum atomic E-state index is 13.5. The molecule has 7 heteroatoms. The molecule has 6 nitrogen and oxygen atoms in total. The summed E-state index contributed by atoms with van der Waals surface area (Å²) in [5.41, 5.74) is 0.220. The number of piperidine rings is 1. The smallest absolute Gasteiger partial charge is 0.410 e. The summed E-state index contributed by atoms with van der Waals surface area (Å²) in [6, 6.07) is 1.72. The Balaban J connectivity index is 1.64. The number of aromatic nitrogens is 1. The van der Waals surface area contributed by atoms with Crippen LogP contribution in [-0.4, -0.2) is 53.9 Å². The Morgan fingerprint density at radius 2 is 2.04 bits per heavy atom. The molecular formula is C17H24FN3O3. The minimum atomic E-state index is -0.486. The van der Waals surface area contributed by atoms with Gasteiger partial charge in [0, 0.05) is 25.2 Å². The second-order valence-electron chi connectivity index (χ2n) is 7.22. The van der Waals surface area contributed by atoms with Gasteiger partial charge in [-0.05, 0) is 33.6 Å². The monoisotopic (exact) mass is 337 g/mol. The quantitative estimate of drug-likeness (QED) is 0.789. The van der Waals surface area contributed by atoms with Gasteiger partial charge in [-0.15, -0.1) is 0 Å². The van der Waals surface area contributed by atoms with E-state index in [1.54, 1.807) is 4.90 Å². The maximum Gasteiger partial charge on any atom is 0.410 e. The lowest BCUT2D eigenvalue weighted by Gasteiger charge is -2.41. The van der Waals surface area contributed by atoms with E-state index in [4.69, 9.17) is 9.47 Å². The number of anilines is 1. The predicted octanol–water partition coefficient (Wildman–Crippen LogP) is 2.82. The second-order valence-corrected chi connectivity index (χ2v) is 7.22. The number of fused-ring (bicyclic) bond motifs is 1. The van der Waals surface area contributed by atoms with Gasteiger partial charge in [-0.2, -0.15) is 0 Å². The number of carbonyl (C=O) groups is 1. The van der Waals surface area contributed by atoms with E-state index in [-0.39, 0.29) is 18.0 Å². The fourth-order valence-electron chi connectivity index (χ4n) is 3.16. The summed E-state index contributed by atoms with van der Waals surface area (Å²) in [6.07, 6.45) is 2.54. The van der Waals surface area contributed by atoms with Crippen molar-refractivity contribution >= 4 is 11.8 Å². The Bertz CT molecular complexity index is 610. The molecule has 3 rings (SSSR count). The van der Waals surface area contributed by atoms with Gasteiger partial charge < -0.3 is 19.3 Å². The molecule has 132 valence electrons. The number of carbonyl (C=O) groups excluding carboxylic acids is 1. The van der Waals surface area contributed by atoms with Crippen LogP contribution >= 0.6 is 0 Å². The van der Waals surface area contributed by atoms with E-state index in [9.17, 15) is 9.18 Å². The number of amides is 1. The zero-order valence-corrected chi connectivity index (χ0v) is 14.4. The highest BCUT2D eigenvalue weighted by atomic mass is 19.1. The van der Waals surface area contributed by atoms with Gasteiger partial charge in [-0.1, -0.05) is 0 Å². The van der Waals surface area contributed by atoms with Crippen LogP contribution in [0.4, 0.5) is 14.9 Å². The molecule has 24 heavy (non-hydrogen) atoms. The third-order valence-electron chi connectivity index (χ3n) is 4.24. The molecule has 0 unspecified atom stereocenters. The first-order valence-electron chi connectivity index (χ1n) is 8.36. The van der Waals surface area contributed by atoms with E-state index in [1.807, 2.05) is 20.8 Å². The summed E-state index contributed by atoms with van der Waals surface area (Å²) >= 11 is 0. The third-order valence-corrected chi connectivity index (χ3v) is 4.24. The van der Waals surface area contributed by atoms with E-state index in [2.05, 4.69) is 9.88 Å². The standard InChI is InChI=1S/C17H24FN3O3/c1-17(2,3)24-16(22)20-6-4-13(5-7-20)21-8-9-23-15-14(21)10-12(18)11-19-15/h10-11,13H,4-9H2,1-3H3. The van der Waals surface area contributed by atoms with Crippen molar-refractivity contribution in [2.75, 3.05) is 31.1 Å². The predicted molar refractivity (Wildman–Crippen MR) is 87.9 cm³/mol. The summed E-state index contributed by atoms with van der Waals surface area (Å²) < 4.78 is 24.5. The van der Waals surface area contributed by atoms with Crippen molar-refractivity contribution in [2.24, 2.45) is 0 Å². The number of pyridine rings is 1.